The molecule has 5 nitrogen and oxygen atoms in total. The van der Waals surface area contributed by atoms with Crippen LogP contribution in [0, 0.1) is 11.8 Å². The first-order chi connectivity index (χ1) is 10.6. The molecule has 0 bridgehead atoms. The van der Waals surface area contributed by atoms with Crippen molar-refractivity contribution in [2.45, 2.75) is 31.6 Å². The van der Waals surface area contributed by atoms with Gasteiger partial charge in [-0.15, -0.1) is 0 Å². The number of nitrogens with one attached hydrogen (secondary N) is 1. The van der Waals surface area contributed by atoms with E-state index in [4.69, 9.17) is 0 Å². The molecule has 22 heavy (non-hydrogen) atoms. The first-order valence-electron chi connectivity index (χ1n) is 7.62. The molecule has 1 N–H and O–H groups in total. The molecule has 0 unspecified atom stereocenters. The van der Waals surface area contributed by atoms with E-state index in [2.05, 4.69) is 17.0 Å². The lowest BCUT2D eigenvalue weighted by Gasteiger charge is -2.08. The molecule has 1 heterocycles. The van der Waals surface area contributed by atoms with Crippen LogP contribution >= 0.6 is 0 Å². The van der Waals surface area contributed by atoms with Gasteiger partial charge in [0.2, 0.25) is 11.7 Å². The van der Waals surface area contributed by atoms with Gasteiger partial charge in [-0.05, 0) is 24.0 Å². The van der Waals surface area contributed by atoms with Gasteiger partial charge in [-0.1, -0.05) is 38.0 Å². The number of anilines is 1. The number of carbonyl (C=O) groups is 3. The maximum atomic E-state index is 12.6. The summed E-state index contributed by atoms with van der Waals surface area (Å²) in [7, 11) is 1.19. The van der Waals surface area contributed by atoms with E-state index in [1.807, 2.05) is 24.3 Å². The summed E-state index contributed by atoms with van der Waals surface area (Å²) < 4.78 is 4.57. The van der Waals surface area contributed by atoms with Crippen molar-refractivity contribution >= 4 is 23.3 Å². The summed E-state index contributed by atoms with van der Waals surface area (Å²) in [5.74, 6) is -2.34. The number of unbranched alkanes of at least 4 members (excludes halogenated alkanes) is 1. The van der Waals surface area contributed by atoms with Gasteiger partial charge in [0.1, 0.15) is 0 Å². The van der Waals surface area contributed by atoms with Crippen LogP contribution in [0.3, 0.4) is 0 Å². The highest BCUT2D eigenvalue weighted by molar-refractivity contribution is 6.37. The molecule has 0 saturated heterocycles. The Morgan fingerprint density at radius 3 is 2.73 bits per heavy atom. The van der Waals surface area contributed by atoms with E-state index in [0.717, 1.165) is 30.5 Å². The second-order valence-corrected chi connectivity index (χ2v) is 5.95. The zero-order valence-electron chi connectivity index (χ0n) is 12.7. The fourth-order valence-electron chi connectivity index (χ4n) is 3.87. The number of para-hydroxylation sites is 1. The molecular weight excluding hydrogens is 282 g/mol. The van der Waals surface area contributed by atoms with Crippen molar-refractivity contribution in [3.05, 3.63) is 29.8 Å². The number of carbonyl (C=O) groups excluding carboxylic acids is 3. The molecular formula is C17H19NO4. The van der Waals surface area contributed by atoms with E-state index in [0.29, 0.717) is 0 Å². The summed E-state index contributed by atoms with van der Waals surface area (Å²) >= 11 is 0. The number of hydrogen-bond acceptors (Lipinski definition) is 4. The minimum absolute atomic E-state index is 0.123. The lowest BCUT2D eigenvalue weighted by molar-refractivity contribution is -0.152. The van der Waals surface area contributed by atoms with Gasteiger partial charge in [0, 0.05) is 5.69 Å². The third-order valence-electron chi connectivity index (χ3n) is 4.90. The molecule has 3 atom stereocenters. The van der Waals surface area contributed by atoms with Gasteiger partial charge in [0.15, 0.2) is 0 Å². The first-order valence-corrected chi connectivity index (χ1v) is 7.62. The Balaban J connectivity index is 2.01. The summed E-state index contributed by atoms with van der Waals surface area (Å²) in [6.45, 7) is 2.06. The van der Waals surface area contributed by atoms with Crippen molar-refractivity contribution in [1.82, 2.24) is 0 Å². The fourth-order valence-corrected chi connectivity index (χ4v) is 3.87. The van der Waals surface area contributed by atoms with Gasteiger partial charge in [-0.3, -0.25) is 9.59 Å². The summed E-state index contributed by atoms with van der Waals surface area (Å²) in [6.07, 6.45) is 2.66. The molecule has 1 aromatic carbocycles. The van der Waals surface area contributed by atoms with Gasteiger partial charge in [-0.2, -0.15) is 0 Å². The average molecular weight is 301 g/mol. The number of esters is 1. The van der Waals surface area contributed by atoms with E-state index in [1.165, 1.54) is 7.11 Å². The summed E-state index contributed by atoms with van der Waals surface area (Å²) in [5, 5.41) is 2.86. The van der Waals surface area contributed by atoms with Crippen molar-refractivity contribution in [3.63, 3.8) is 0 Å². The third kappa shape index (κ3) is 1.81. The van der Waals surface area contributed by atoms with E-state index in [-0.39, 0.29) is 11.8 Å². The van der Waals surface area contributed by atoms with Crippen LogP contribution in [0.15, 0.2) is 24.3 Å². The smallest absolute Gasteiger partial charge is 0.374 e. The van der Waals surface area contributed by atoms with Gasteiger partial charge >= 0.3 is 5.97 Å². The van der Waals surface area contributed by atoms with E-state index >= 15 is 0 Å². The Morgan fingerprint density at radius 1 is 1.32 bits per heavy atom. The van der Waals surface area contributed by atoms with Gasteiger partial charge in [0.25, 0.3) is 0 Å². The molecule has 1 aliphatic carbocycles. The third-order valence-corrected chi connectivity index (χ3v) is 4.90. The zero-order chi connectivity index (χ0) is 15.9. The Hall–Kier alpha value is -2.17. The fraction of sp³-hybridized carbons (Fsp3) is 0.471. The van der Waals surface area contributed by atoms with Gasteiger partial charge < -0.3 is 10.1 Å². The van der Waals surface area contributed by atoms with Crippen molar-refractivity contribution in [2.75, 3.05) is 12.4 Å². The molecule has 3 rings (SSSR count). The molecule has 0 radical (unpaired) electrons. The quantitative estimate of drug-likeness (QED) is 0.667. The maximum absolute atomic E-state index is 12.6. The molecule has 1 saturated carbocycles. The number of Topliss-reactive ketones (excluding diaryl/α,β-unsaturated/α-hetero) is 1. The highest BCUT2D eigenvalue weighted by Crippen LogP contribution is 2.66. The number of rotatable bonds is 5. The normalized spacial score (nSPS) is 28.2. The number of ether oxygens (including phenoxy) is 1. The predicted octanol–water partition coefficient (Wildman–Crippen LogP) is 2.05. The van der Waals surface area contributed by atoms with E-state index < -0.39 is 23.1 Å². The number of methoxy groups -OCH3 is 1. The Labute approximate surface area is 129 Å². The van der Waals surface area contributed by atoms with Crippen LogP contribution in [0.1, 0.15) is 31.7 Å². The number of benzene rings is 1. The predicted molar refractivity (Wildman–Crippen MR) is 80.3 cm³/mol. The molecule has 1 amide bonds. The largest absolute Gasteiger partial charge is 0.463 e. The molecule has 1 aliphatic heterocycles. The van der Waals surface area contributed by atoms with Crippen LogP contribution in [0.2, 0.25) is 0 Å². The Bertz CT molecular complexity index is 654. The molecule has 2 aliphatic rings. The number of ketones is 1. The Kier molecular flexibility index (Phi) is 3.51. The molecule has 1 aromatic rings. The average Bonchev–Trinajstić information content (AvgIpc) is 3.11. The van der Waals surface area contributed by atoms with Crippen LogP contribution in [-0.2, 0) is 24.5 Å². The maximum Gasteiger partial charge on any atom is 0.374 e. The highest BCUT2D eigenvalue weighted by Gasteiger charge is 2.75. The minimum Gasteiger partial charge on any atom is -0.463 e. The molecule has 5 heteroatoms. The second kappa shape index (κ2) is 5.23. The standard InChI is InChI=1S/C17H19NO4/c1-3-4-7-11-13(14(19)15(20)22-2)17(11)10-8-5-6-9-12(10)18-16(17)21/h5-6,8-9,11,13H,3-4,7H2,1-2H3,(H,18,21)/t11-,13+,17+/m0/s1. The van der Waals surface area contributed by atoms with Gasteiger partial charge in [0.05, 0.1) is 18.4 Å². The van der Waals surface area contributed by atoms with E-state index in [9.17, 15) is 14.4 Å². The second-order valence-electron chi connectivity index (χ2n) is 5.95. The number of hydrogen-bond donors (Lipinski definition) is 1. The minimum atomic E-state index is -0.878. The summed E-state index contributed by atoms with van der Waals surface area (Å²) in [6, 6.07) is 7.40. The SMILES string of the molecule is CCCC[C@H]1[C@H](C(=O)C(=O)OC)[C@]12C(=O)Nc1ccccc12. The first kappa shape index (κ1) is 14.8. The monoisotopic (exact) mass is 301 g/mol. The van der Waals surface area contributed by atoms with Crippen LogP contribution in [-0.4, -0.2) is 24.8 Å². The van der Waals surface area contributed by atoms with Crippen LogP contribution in [0.5, 0.6) is 0 Å². The number of fused-ring (bicyclic) bond motifs is 2. The molecule has 116 valence electrons. The van der Waals surface area contributed by atoms with Crippen LogP contribution in [0.25, 0.3) is 0 Å². The molecule has 1 spiro atoms. The van der Waals surface area contributed by atoms with Crippen LogP contribution < -0.4 is 5.32 Å². The topological polar surface area (TPSA) is 72.5 Å². The van der Waals surface area contributed by atoms with Crippen LogP contribution in [0.4, 0.5) is 5.69 Å². The van der Waals surface area contributed by atoms with Crippen molar-refractivity contribution in [2.24, 2.45) is 11.8 Å². The lowest BCUT2D eigenvalue weighted by atomic mass is 9.91. The number of amides is 1. The summed E-state index contributed by atoms with van der Waals surface area (Å²) in [5.41, 5.74) is 0.703. The zero-order valence-corrected chi connectivity index (χ0v) is 12.7. The highest BCUT2D eigenvalue weighted by atomic mass is 16.5. The van der Waals surface area contributed by atoms with Crippen molar-refractivity contribution in [1.29, 1.82) is 0 Å². The van der Waals surface area contributed by atoms with Crippen molar-refractivity contribution in [3.8, 4) is 0 Å². The van der Waals surface area contributed by atoms with Crippen molar-refractivity contribution < 1.29 is 19.1 Å². The lowest BCUT2D eigenvalue weighted by Crippen LogP contribution is -2.28. The van der Waals surface area contributed by atoms with E-state index in [1.54, 1.807) is 0 Å². The summed E-state index contributed by atoms with van der Waals surface area (Å²) in [4.78, 5) is 36.6. The molecule has 1 fully saturated rings. The van der Waals surface area contributed by atoms with Gasteiger partial charge in [-0.25, -0.2) is 4.79 Å². The molecule has 0 aromatic heterocycles. The Morgan fingerprint density at radius 2 is 2.05 bits per heavy atom.